The summed E-state index contributed by atoms with van der Waals surface area (Å²) in [5, 5.41) is 0. The van der Waals surface area contributed by atoms with Gasteiger partial charge in [0.25, 0.3) is 0 Å². The molecule has 0 saturated carbocycles. The number of hydrogen-bond acceptors (Lipinski definition) is 2. The van der Waals surface area contributed by atoms with Gasteiger partial charge < -0.3 is 9.47 Å². The molecule has 0 bridgehead atoms. The van der Waals surface area contributed by atoms with Crippen LogP contribution in [0.3, 0.4) is 0 Å². The number of ether oxygens (including phenoxy) is 2. The topological polar surface area (TPSA) is 18.5 Å². The van der Waals surface area contributed by atoms with Gasteiger partial charge >= 0.3 is 0 Å². The minimum Gasteiger partial charge on any atom is -0.497 e. The van der Waals surface area contributed by atoms with E-state index in [0.29, 0.717) is 5.92 Å². The highest BCUT2D eigenvalue weighted by Gasteiger charge is 2.25. The van der Waals surface area contributed by atoms with Crippen LogP contribution >= 0.6 is 0 Å². The monoisotopic (exact) mass is 188 g/mol. The molecular formula is C12H12O2. The summed E-state index contributed by atoms with van der Waals surface area (Å²) in [5.41, 5.74) is 1.13. The number of hydrogen-bond donors (Lipinski definition) is 0. The van der Waals surface area contributed by atoms with Crippen molar-refractivity contribution < 1.29 is 9.47 Å². The minimum atomic E-state index is 0.433. The number of rotatable bonds is 0. The third-order valence-electron chi connectivity index (χ3n) is 2.78. The first kappa shape index (κ1) is 7.92. The van der Waals surface area contributed by atoms with Crippen molar-refractivity contribution >= 4 is 0 Å². The first-order chi connectivity index (χ1) is 6.93. The predicted molar refractivity (Wildman–Crippen MR) is 53.2 cm³/mol. The second kappa shape index (κ2) is 3.05. The van der Waals surface area contributed by atoms with E-state index in [0.717, 1.165) is 30.1 Å². The van der Waals surface area contributed by atoms with Gasteiger partial charge in [-0.2, -0.15) is 0 Å². The van der Waals surface area contributed by atoms with Crippen molar-refractivity contribution in [2.24, 2.45) is 5.92 Å². The molecule has 0 aromatic rings. The van der Waals surface area contributed by atoms with Crippen LogP contribution in [-0.2, 0) is 9.47 Å². The maximum Gasteiger partial charge on any atom is 0.130 e. The predicted octanol–water partition coefficient (Wildman–Crippen LogP) is 2.66. The Bertz CT molecular complexity index is 372. The number of fused-ring (bicyclic) bond motifs is 2. The molecule has 3 aliphatic rings. The van der Waals surface area contributed by atoms with E-state index in [2.05, 4.69) is 18.2 Å². The maximum atomic E-state index is 5.63. The van der Waals surface area contributed by atoms with Gasteiger partial charge in [0.1, 0.15) is 11.5 Å². The van der Waals surface area contributed by atoms with Crippen LogP contribution in [0.4, 0.5) is 0 Å². The molecule has 2 heterocycles. The van der Waals surface area contributed by atoms with Crippen molar-refractivity contribution in [3.63, 3.8) is 0 Å². The zero-order valence-corrected chi connectivity index (χ0v) is 7.90. The Morgan fingerprint density at radius 2 is 2.36 bits per heavy atom. The highest BCUT2D eigenvalue weighted by molar-refractivity contribution is 5.46. The summed E-state index contributed by atoms with van der Waals surface area (Å²) in [6.07, 6.45) is 12.3. The van der Waals surface area contributed by atoms with E-state index in [1.54, 1.807) is 6.26 Å². The van der Waals surface area contributed by atoms with Crippen molar-refractivity contribution in [3.8, 4) is 0 Å². The quantitative estimate of drug-likeness (QED) is 0.582. The van der Waals surface area contributed by atoms with Crippen molar-refractivity contribution in [2.45, 2.75) is 12.8 Å². The van der Waals surface area contributed by atoms with E-state index >= 15 is 0 Å². The SMILES string of the molecule is C1=COC2=CC3CCCOC3=CC2=C1. The van der Waals surface area contributed by atoms with Gasteiger partial charge in [-0.25, -0.2) is 0 Å². The molecule has 0 N–H and O–H groups in total. The summed E-state index contributed by atoms with van der Waals surface area (Å²) in [7, 11) is 0. The van der Waals surface area contributed by atoms with Crippen molar-refractivity contribution in [1.29, 1.82) is 0 Å². The number of allylic oxidation sites excluding steroid dienone is 4. The third kappa shape index (κ3) is 1.18. The Hall–Kier alpha value is -1.44. The van der Waals surface area contributed by atoms with Gasteiger partial charge in [-0.05, 0) is 37.1 Å². The molecule has 14 heavy (non-hydrogen) atoms. The highest BCUT2D eigenvalue weighted by atomic mass is 16.5. The van der Waals surface area contributed by atoms with Gasteiger partial charge in [0.2, 0.25) is 0 Å². The Morgan fingerprint density at radius 1 is 1.36 bits per heavy atom. The standard InChI is InChI=1S/C12H12O2/c1-3-9-7-12-10(4-2-6-14-12)8-11(9)13-5-1/h1,3,5,7-8,10H,2,4,6H2. The summed E-state index contributed by atoms with van der Waals surface area (Å²) in [6.45, 7) is 0.857. The fourth-order valence-corrected chi connectivity index (χ4v) is 2.05. The molecule has 0 radical (unpaired) electrons. The first-order valence-corrected chi connectivity index (χ1v) is 5.03. The van der Waals surface area contributed by atoms with Crippen molar-refractivity contribution in [3.05, 3.63) is 47.7 Å². The Kier molecular flexibility index (Phi) is 1.72. The molecule has 1 saturated heterocycles. The molecule has 1 unspecified atom stereocenters. The van der Waals surface area contributed by atoms with Crippen LogP contribution in [0.25, 0.3) is 0 Å². The van der Waals surface area contributed by atoms with E-state index in [1.807, 2.05) is 6.08 Å². The van der Waals surface area contributed by atoms with Crippen molar-refractivity contribution in [2.75, 3.05) is 6.61 Å². The smallest absolute Gasteiger partial charge is 0.130 e. The average Bonchev–Trinajstić information content (AvgIpc) is 2.26. The summed E-state index contributed by atoms with van der Waals surface area (Å²) in [6, 6.07) is 0. The Morgan fingerprint density at radius 3 is 3.36 bits per heavy atom. The van der Waals surface area contributed by atoms with E-state index in [4.69, 9.17) is 9.47 Å². The van der Waals surface area contributed by atoms with Crippen molar-refractivity contribution in [1.82, 2.24) is 0 Å². The van der Waals surface area contributed by atoms with E-state index in [-0.39, 0.29) is 0 Å². The fraction of sp³-hybridized carbons (Fsp3) is 0.333. The lowest BCUT2D eigenvalue weighted by atomic mass is 9.90. The molecule has 0 amide bonds. The van der Waals surface area contributed by atoms with Crippen LogP contribution in [0.1, 0.15) is 12.8 Å². The molecule has 0 aromatic heterocycles. The third-order valence-corrected chi connectivity index (χ3v) is 2.78. The van der Waals surface area contributed by atoms with E-state index in [1.165, 1.54) is 6.42 Å². The molecule has 2 aliphatic heterocycles. The highest BCUT2D eigenvalue weighted by Crippen LogP contribution is 2.35. The normalized spacial score (nSPS) is 28.6. The molecule has 1 atom stereocenters. The Balaban J connectivity index is 1.98. The second-order valence-corrected chi connectivity index (χ2v) is 3.74. The van der Waals surface area contributed by atoms with Gasteiger partial charge in [0, 0.05) is 11.5 Å². The summed E-state index contributed by atoms with van der Waals surface area (Å²) >= 11 is 0. The van der Waals surface area contributed by atoms with Gasteiger partial charge in [-0.1, -0.05) is 0 Å². The van der Waals surface area contributed by atoms with Gasteiger partial charge in [0.15, 0.2) is 0 Å². The summed E-state index contributed by atoms with van der Waals surface area (Å²) in [4.78, 5) is 0. The molecule has 2 heteroatoms. The fourth-order valence-electron chi connectivity index (χ4n) is 2.05. The van der Waals surface area contributed by atoms with Gasteiger partial charge in [0.05, 0.1) is 12.9 Å². The average molecular weight is 188 g/mol. The molecule has 72 valence electrons. The maximum absolute atomic E-state index is 5.63. The molecule has 2 nitrogen and oxygen atoms in total. The van der Waals surface area contributed by atoms with Crippen LogP contribution in [0, 0.1) is 5.92 Å². The first-order valence-electron chi connectivity index (χ1n) is 5.03. The zero-order chi connectivity index (χ0) is 9.38. The van der Waals surface area contributed by atoms with Crippen LogP contribution in [0.15, 0.2) is 47.7 Å². The van der Waals surface area contributed by atoms with E-state index in [9.17, 15) is 0 Å². The van der Waals surface area contributed by atoms with Crippen LogP contribution in [0.2, 0.25) is 0 Å². The zero-order valence-electron chi connectivity index (χ0n) is 7.90. The minimum absolute atomic E-state index is 0.433. The van der Waals surface area contributed by atoms with Gasteiger partial charge in [-0.3, -0.25) is 0 Å². The molecule has 0 aromatic carbocycles. The van der Waals surface area contributed by atoms with Gasteiger partial charge in [-0.15, -0.1) is 0 Å². The van der Waals surface area contributed by atoms with Crippen LogP contribution in [0.5, 0.6) is 0 Å². The molecule has 1 fully saturated rings. The lowest BCUT2D eigenvalue weighted by Crippen LogP contribution is -2.18. The summed E-state index contributed by atoms with van der Waals surface area (Å²) in [5.74, 6) is 2.51. The molecular weight excluding hydrogens is 176 g/mol. The van der Waals surface area contributed by atoms with Crippen LogP contribution in [-0.4, -0.2) is 6.61 Å². The second-order valence-electron chi connectivity index (χ2n) is 3.74. The Labute approximate surface area is 83.2 Å². The molecule has 0 spiro atoms. The molecule has 1 aliphatic carbocycles. The summed E-state index contributed by atoms with van der Waals surface area (Å²) < 4.78 is 11.1. The molecule has 3 rings (SSSR count). The lowest BCUT2D eigenvalue weighted by molar-refractivity contribution is 0.139. The van der Waals surface area contributed by atoms with E-state index < -0.39 is 0 Å². The largest absolute Gasteiger partial charge is 0.497 e. The van der Waals surface area contributed by atoms with Crippen LogP contribution < -0.4 is 0 Å². The lowest BCUT2D eigenvalue weighted by Gasteiger charge is -2.28.